The number of carbonyl (C=O) groups is 2. The summed E-state index contributed by atoms with van der Waals surface area (Å²) in [5.41, 5.74) is 0.571. The van der Waals surface area contributed by atoms with Crippen molar-refractivity contribution in [2.75, 3.05) is 5.32 Å². The highest BCUT2D eigenvalue weighted by molar-refractivity contribution is 7.14. The van der Waals surface area contributed by atoms with Gasteiger partial charge in [0.15, 0.2) is 0 Å². The molecule has 0 radical (unpaired) electrons. The fourth-order valence-corrected chi connectivity index (χ4v) is 2.68. The van der Waals surface area contributed by atoms with Crippen LogP contribution in [-0.4, -0.2) is 26.8 Å². The van der Waals surface area contributed by atoms with Crippen molar-refractivity contribution in [1.29, 1.82) is 0 Å². The number of carboxylic acid groups (broad SMARTS) is 1. The molecule has 0 aliphatic heterocycles. The number of thiophene rings is 1. The molecule has 0 fully saturated rings. The Kier molecular flexibility index (Phi) is 3.90. The van der Waals surface area contributed by atoms with E-state index in [1.165, 1.54) is 34.6 Å². The molecule has 1 amide bonds. The number of para-hydroxylation sites is 1. The average molecular weight is 331 g/mol. The van der Waals surface area contributed by atoms with Crippen LogP contribution < -0.4 is 5.32 Å². The van der Waals surface area contributed by atoms with Crippen LogP contribution in [0.15, 0.2) is 48.1 Å². The second-order valence-corrected chi connectivity index (χ2v) is 5.50. The standard InChI is InChI=1S/C15H10FN3O3S/c16-11-3-1-2-4-12(11)19-7-10(6-17-19)14(20)18-13-5-9(8-23-13)15(21)22/h1-8H,(H,18,20)(H,21,22). The molecular weight excluding hydrogens is 321 g/mol. The van der Waals surface area contributed by atoms with E-state index in [-0.39, 0.29) is 16.8 Å². The molecule has 116 valence electrons. The SMILES string of the molecule is O=C(O)c1csc(NC(=O)c2cnn(-c3ccccc3F)c2)c1. The third-order valence-corrected chi connectivity index (χ3v) is 3.87. The number of aromatic nitrogens is 2. The Morgan fingerprint density at radius 1 is 1.26 bits per heavy atom. The molecule has 0 bridgehead atoms. The van der Waals surface area contributed by atoms with E-state index in [9.17, 15) is 14.0 Å². The van der Waals surface area contributed by atoms with Gasteiger partial charge in [-0.2, -0.15) is 5.10 Å². The fourth-order valence-electron chi connectivity index (χ4n) is 1.91. The number of carboxylic acids is 1. The number of halogens is 1. The van der Waals surface area contributed by atoms with E-state index in [0.29, 0.717) is 5.00 Å². The van der Waals surface area contributed by atoms with Gasteiger partial charge in [-0.1, -0.05) is 12.1 Å². The molecule has 3 rings (SSSR count). The summed E-state index contributed by atoms with van der Waals surface area (Å²) in [6.45, 7) is 0. The van der Waals surface area contributed by atoms with Gasteiger partial charge in [-0.05, 0) is 18.2 Å². The van der Waals surface area contributed by atoms with Gasteiger partial charge < -0.3 is 10.4 Å². The second-order valence-electron chi connectivity index (χ2n) is 4.58. The molecule has 2 aromatic heterocycles. The molecule has 0 aliphatic carbocycles. The molecule has 8 heteroatoms. The number of nitrogens with one attached hydrogen (secondary N) is 1. The molecule has 3 aromatic rings. The maximum atomic E-state index is 13.7. The van der Waals surface area contributed by atoms with E-state index in [2.05, 4.69) is 10.4 Å². The van der Waals surface area contributed by atoms with Crippen LogP contribution >= 0.6 is 11.3 Å². The Morgan fingerprint density at radius 2 is 2.04 bits per heavy atom. The number of amides is 1. The summed E-state index contributed by atoms with van der Waals surface area (Å²) in [7, 11) is 0. The first kappa shape index (κ1) is 14.9. The molecule has 0 unspecified atom stereocenters. The van der Waals surface area contributed by atoms with Crippen LogP contribution in [0.3, 0.4) is 0 Å². The van der Waals surface area contributed by atoms with Crippen molar-refractivity contribution in [3.63, 3.8) is 0 Å². The van der Waals surface area contributed by atoms with E-state index < -0.39 is 17.7 Å². The summed E-state index contributed by atoms with van der Waals surface area (Å²) < 4.78 is 15.0. The number of hydrogen-bond acceptors (Lipinski definition) is 4. The number of hydrogen-bond donors (Lipinski definition) is 2. The number of nitrogens with zero attached hydrogens (tertiary/aromatic N) is 2. The third kappa shape index (κ3) is 3.11. The number of carbonyl (C=O) groups excluding carboxylic acids is 1. The largest absolute Gasteiger partial charge is 0.478 e. The summed E-state index contributed by atoms with van der Waals surface area (Å²) >= 11 is 1.11. The minimum atomic E-state index is -1.06. The Balaban J connectivity index is 1.78. The molecule has 2 heterocycles. The molecule has 23 heavy (non-hydrogen) atoms. The van der Waals surface area contributed by atoms with E-state index in [1.54, 1.807) is 18.2 Å². The first-order chi connectivity index (χ1) is 11.0. The number of benzene rings is 1. The van der Waals surface area contributed by atoms with Crippen molar-refractivity contribution < 1.29 is 19.1 Å². The number of anilines is 1. The minimum Gasteiger partial charge on any atom is -0.478 e. The van der Waals surface area contributed by atoms with Crippen LogP contribution in [0.1, 0.15) is 20.7 Å². The molecule has 1 aromatic carbocycles. The lowest BCUT2D eigenvalue weighted by atomic mass is 10.3. The zero-order valence-corrected chi connectivity index (χ0v) is 12.4. The monoisotopic (exact) mass is 331 g/mol. The van der Waals surface area contributed by atoms with Gasteiger partial charge in [0.05, 0.1) is 22.3 Å². The molecule has 0 saturated carbocycles. The molecule has 6 nitrogen and oxygen atoms in total. The van der Waals surface area contributed by atoms with Crippen LogP contribution in [0.25, 0.3) is 5.69 Å². The van der Waals surface area contributed by atoms with E-state index in [4.69, 9.17) is 5.11 Å². The summed E-state index contributed by atoms with van der Waals surface area (Å²) in [5.74, 6) is -1.97. The lowest BCUT2D eigenvalue weighted by molar-refractivity contribution is 0.0697. The molecule has 0 atom stereocenters. The zero-order valence-electron chi connectivity index (χ0n) is 11.6. The van der Waals surface area contributed by atoms with Crippen molar-refractivity contribution in [2.45, 2.75) is 0 Å². The van der Waals surface area contributed by atoms with Gasteiger partial charge in [-0.15, -0.1) is 11.3 Å². The van der Waals surface area contributed by atoms with Crippen molar-refractivity contribution in [2.24, 2.45) is 0 Å². The summed E-state index contributed by atoms with van der Waals surface area (Å²) in [5, 5.41) is 17.2. The summed E-state index contributed by atoms with van der Waals surface area (Å²) in [6, 6.07) is 7.44. The topological polar surface area (TPSA) is 84.2 Å². The van der Waals surface area contributed by atoms with Crippen molar-refractivity contribution in [3.8, 4) is 5.69 Å². The molecule has 0 spiro atoms. The van der Waals surface area contributed by atoms with E-state index >= 15 is 0 Å². The highest BCUT2D eigenvalue weighted by Gasteiger charge is 2.13. The Morgan fingerprint density at radius 3 is 2.74 bits per heavy atom. The van der Waals surface area contributed by atoms with Crippen LogP contribution in [0, 0.1) is 5.82 Å². The van der Waals surface area contributed by atoms with Gasteiger partial charge in [0.1, 0.15) is 11.5 Å². The second kappa shape index (κ2) is 6.01. The first-order valence-corrected chi connectivity index (χ1v) is 7.35. The van der Waals surface area contributed by atoms with Crippen LogP contribution in [0.5, 0.6) is 0 Å². The third-order valence-electron chi connectivity index (χ3n) is 3.03. The smallest absolute Gasteiger partial charge is 0.336 e. The van der Waals surface area contributed by atoms with Gasteiger partial charge in [0.2, 0.25) is 0 Å². The highest BCUT2D eigenvalue weighted by atomic mass is 32.1. The predicted molar refractivity (Wildman–Crippen MR) is 82.8 cm³/mol. The fraction of sp³-hybridized carbons (Fsp3) is 0. The van der Waals surface area contributed by atoms with Crippen LogP contribution in [0.4, 0.5) is 9.39 Å². The molecular formula is C15H10FN3O3S. The maximum absolute atomic E-state index is 13.7. The number of rotatable bonds is 4. The lowest BCUT2D eigenvalue weighted by Gasteiger charge is -2.02. The van der Waals surface area contributed by atoms with Gasteiger partial charge in [-0.25, -0.2) is 13.9 Å². The van der Waals surface area contributed by atoms with Gasteiger partial charge in [0.25, 0.3) is 5.91 Å². The van der Waals surface area contributed by atoms with Crippen LogP contribution in [-0.2, 0) is 0 Å². The maximum Gasteiger partial charge on any atom is 0.336 e. The van der Waals surface area contributed by atoms with Gasteiger partial charge in [0, 0.05) is 11.6 Å². The van der Waals surface area contributed by atoms with Crippen molar-refractivity contribution >= 4 is 28.2 Å². The normalized spacial score (nSPS) is 10.5. The first-order valence-electron chi connectivity index (χ1n) is 6.47. The molecule has 2 N–H and O–H groups in total. The lowest BCUT2D eigenvalue weighted by Crippen LogP contribution is -2.10. The van der Waals surface area contributed by atoms with Crippen LogP contribution in [0.2, 0.25) is 0 Å². The summed E-state index contributed by atoms with van der Waals surface area (Å²) in [4.78, 5) is 22.9. The van der Waals surface area contributed by atoms with E-state index in [0.717, 1.165) is 11.3 Å². The van der Waals surface area contributed by atoms with Crippen molar-refractivity contribution in [3.05, 3.63) is 65.0 Å². The predicted octanol–water partition coefficient (Wildman–Crippen LogP) is 3.02. The quantitative estimate of drug-likeness (QED) is 0.769. The Hall–Kier alpha value is -3.00. The average Bonchev–Trinajstić information content (AvgIpc) is 3.16. The molecule has 0 saturated heterocycles. The molecule has 0 aliphatic rings. The Labute approximate surface area is 133 Å². The van der Waals surface area contributed by atoms with Crippen molar-refractivity contribution in [1.82, 2.24) is 9.78 Å². The Bertz CT molecular complexity index is 887. The number of aromatic carboxylic acids is 1. The van der Waals surface area contributed by atoms with Gasteiger partial charge >= 0.3 is 5.97 Å². The minimum absolute atomic E-state index is 0.104. The summed E-state index contributed by atoms with van der Waals surface area (Å²) in [6.07, 6.45) is 2.72. The van der Waals surface area contributed by atoms with Gasteiger partial charge in [-0.3, -0.25) is 4.79 Å². The highest BCUT2D eigenvalue weighted by Crippen LogP contribution is 2.21. The van der Waals surface area contributed by atoms with E-state index in [1.807, 2.05) is 0 Å². The zero-order chi connectivity index (χ0) is 16.4.